The third-order valence-electron chi connectivity index (χ3n) is 3.93. The van der Waals surface area contributed by atoms with Crippen LogP contribution in [0.1, 0.15) is 37.0 Å². The normalized spacial score (nSPS) is 12.4. The van der Waals surface area contributed by atoms with Crippen molar-refractivity contribution in [3.05, 3.63) is 34.9 Å². The molecule has 0 spiro atoms. The summed E-state index contributed by atoms with van der Waals surface area (Å²) >= 11 is 5.82. The van der Waals surface area contributed by atoms with Gasteiger partial charge in [-0.25, -0.2) is 0 Å². The van der Waals surface area contributed by atoms with E-state index in [4.69, 9.17) is 18.0 Å². The first-order chi connectivity index (χ1) is 12.4. The van der Waals surface area contributed by atoms with Crippen LogP contribution in [0, 0.1) is 18.3 Å². The first-order valence-corrected chi connectivity index (χ1v) is 8.81. The zero-order valence-corrected chi connectivity index (χ0v) is 15.7. The van der Waals surface area contributed by atoms with Gasteiger partial charge in [-0.3, -0.25) is 14.4 Å². The zero-order chi connectivity index (χ0) is 19.5. The summed E-state index contributed by atoms with van der Waals surface area (Å²) < 4.78 is 0. The number of benzene rings is 1. The van der Waals surface area contributed by atoms with E-state index in [0.717, 1.165) is 0 Å². The minimum atomic E-state index is -0.697. The molecule has 3 amide bonds. The molecule has 0 heterocycles. The number of hydrogen-bond donors (Lipinski definition) is 3. The minimum absolute atomic E-state index is 0.0680. The molecule has 0 aromatic heterocycles. The third-order valence-corrected chi connectivity index (χ3v) is 4.18. The molecular formula is C19H24ClN3O3. The predicted octanol–water partition coefficient (Wildman–Crippen LogP) is 1.74. The highest BCUT2D eigenvalue weighted by Gasteiger charge is 2.26. The van der Waals surface area contributed by atoms with Gasteiger partial charge in [0.15, 0.2) is 0 Å². The summed E-state index contributed by atoms with van der Waals surface area (Å²) in [6.45, 7) is 4.14. The Morgan fingerprint density at radius 3 is 2.42 bits per heavy atom. The molecule has 1 aromatic carbocycles. The number of hydrogen-bond acceptors (Lipinski definition) is 3. The standard InChI is InChI=1S/C19H24ClN3O3/c1-4-11-21-16(24)10-12-22-19(26)17(13(3)5-2)23-18(25)14-6-8-15(20)9-7-14/h1,6-9,13,17H,5,10-12H2,2-3H3,(H,21,24)(H,22,26)(H,23,25). The van der Waals surface area contributed by atoms with Gasteiger partial charge in [0.25, 0.3) is 5.91 Å². The Morgan fingerprint density at radius 2 is 1.85 bits per heavy atom. The number of rotatable bonds is 9. The van der Waals surface area contributed by atoms with Gasteiger partial charge in [-0.05, 0) is 30.2 Å². The van der Waals surface area contributed by atoms with E-state index in [0.29, 0.717) is 17.0 Å². The maximum absolute atomic E-state index is 12.4. The minimum Gasteiger partial charge on any atom is -0.354 e. The van der Waals surface area contributed by atoms with Crippen LogP contribution in [0.2, 0.25) is 5.02 Å². The Balaban J connectivity index is 2.63. The molecule has 26 heavy (non-hydrogen) atoms. The Bertz CT molecular complexity index is 668. The maximum Gasteiger partial charge on any atom is 0.251 e. The van der Waals surface area contributed by atoms with Crippen LogP contribution in [-0.4, -0.2) is 36.9 Å². The van der Waals surface area contributed by atoms with Gasteiger partial charge in [0.2, 0.25) is 11.8 Å². The van der Waals surface area contributed by atoms with E-state index in [-0.39, 0.29) is 43.1 Å². The van der Waals surface area contributed by atoms with Crippen molar-refractivity contribution in [1.82, 2.24) is 16.0 Å². The molecule has 0 bridgehead atoms. The highest BCUT2D eigenvalue weighted by Crippen LogP contribution is 2.12. The summed E-state index contributed by atoms with van der Waals surface area (Å²) in [5.74, 6) is 1.31. The lowest BCUT2D eigenvalue weighted by atomic mass is 9.97. The van der Waals surface area contributed by atoms with Crippen molar-refractivity contribution in [2.75, 3.05) is 13.1 Å². The van der Waals surface area contributed by atoms with Crippen LogP contribution < -0.4 is 16.0 Å². The maximum atomic E-state index is 12.4. The molecule has 1 rings (SSSR count). The van der Waals surface area contributed by atoms with Gasteiger partial charge in [0.1, 0.15) is 6.04 Å². The molecule has 0 saturated carbocycles. The van der Waals surface area contributed by atoms with Crippen molar-refractivity contribution in [3.8, 4) is 12.3 Å². The van der Waals surface area contributed by atoms with Crippen LogP contribution in [0.15, 0.2) is 24.3 Å². The van der Waals surface area contributed by atoms with E-state index in [1.165, 1.54) is 0 Å². The fourth-order valence-corrected chi connectivity index (χ4v) is 2.30. The number of carbonyl (C=O) groups is 3. The number of amides is 3. The summed E-state index contributed by atoms with van der Waals surface area (Å²) in [6, 6.07) is 5.72. The van der Waals surface area contributed by atoms with Crippen molar-refractivity contribution >= 4 is 29.3 Å². The summed E-state index contributed by atoms with van der Waals surface area (Å²) in [5.41, 5.74) is 0.421. The molecule has 0 saturated heterocycles. The first-order valence-electron chi connectivity index (χ1n) is 8.43. The Kier molecular flexibility index (Phi) is 9.24. The quantitative estimate of drug-likeness (QED) is 0.573. The average Bonchev–Trinajstić information content (AvgIpc) is 2.63. The second-order valence-corrected chi connectivity index (χ2v) is 6.30. The van der Waals surface area contributed by atoms with Crippen LogP contribution in [-0.2, 0) is 9.59 Å². The fourth-order valence-electron chi connectivity index (χ4n) is 2.17. The molecule has 1 aromatic rings. The fraction of sp³-hybridized carbons (Fsp3) is 0.421. The summed E-state index contributed by atoms with van der Waals surface area (Å²) in [4.78, 5) is 36.3. The Hall–Kier alpha value is -2.52. The Labute approximate surface area is 159 Å². The molecule has 2 atom stereocenters. The third kappa shape index (κ3) is 7.16. The van der Waals surface area contributed by atoms with Gasteiger partial charge in [-0.1, -0.05) is 37.8 Å². The van der Waals surface area contributed by atoms with E-state index in [2.05, 4.69) is 21.9 Å². The van der Waals surface area contributed by atoms with E-state index in [9.17, 15) is 14.4 Å². The van der Waals surface area contributed by atoms with Crippen LogP contribution in [0.3, 0.4) is 0 Å². The van der Waals surface area contributed by atoms with E-state index >= 15 is 0 Å². The lowest BCUT2D eigenvalue weighted by molar-refractivity contribution is -0.124. The smallest absolute Gasteiger partial charge is 0.251 e. The molecule has 140 valence electrons. The molecule has 0 aliphatic carbocycles. The van der Waals surface area contributed by atoms with Crippen molar-refractivity contribution < 1.29 is 14.4 Å². The SMILES string of the molecule is C#CCNC(=O)CCNC(=O)C(NC(=O)c1ccc(Cl)cc1)C(C)CC. The van der Waals surface area contributed by atoms with E-state index < -0.39 is 6.04 Å². The second-order valence-electron chi connectivity index (χ2n) is 5.87. The first kappa shape index (κ1) is 21.5. The molecule has 6 nitrogen and oxygen atoms in total. The highest BCUT2D eigenvalue weighted by molar-refractivity contribution is 6.30. The molecule has 0 aliphatic rings. The van der Waals surface area contributed by atoms with Crippen molar-refractivity contribution in [2.45, 2.75) is 32.7 Å². The summed E-state index contributed by atoms with van der Waals surface area (Å²) in [7, 11) is 0. The van der Waals surface area contributed by atoms with Crippen molar-refractivity contribution in [3.63, 3.8) is 0 Å². The average molecular weight is 378 g/mol. The summed E-state index contributed by atoms with van der Waals surface area (Å²) in [5, 5.41) is 8.49. The van der Waals surface area contributed by atoms with Crippen molar-refractivity contribution in [2.24, 2.45) is 5.92 Å². The highest BCUT2D eigenvalue weighted by atomic mass is 35.5. The number of terminal acetylenes is 1. The zero-order valence-electron chi connectivity index (χ0n) is 15.0. The number of halogens is 1. The lowest BCUT2D eigenvalue weighted by Gasteiger charge is -2.23. The Morgan fingerprint density at radius 1 is 1.19 bits per heavy atom. The molecule has 3 N–H and O–H groups in total. The van der Waals surface area contributed by atoms with Crippen LogP contribution in [0.5, 0.6) is 0 Å². The van der Waals surface area contributed by atoms with Gasteiger partial charge in [-0.2, -0.15) is 0 Å². The van der Waals surface area contributed by atoms with Crippen LogP contribution in [0.25, 0.3) is 0 Å². The van der Waals surface area contributed by atoms with Gasteiger partial charge in [0.05, 0.1) is 6.54 Å². The van der Waals surface area contributed by atoms with Gasteiger partial charge in [-0.15, -0.1) is 6.42 Å². The molecule has 0 radical (unpaired) electrons. The number of carbonyl (C=O) groups excluding carboxylic acids is 3. The molecule has 0 aliphatic heterocycles. The lowest BCUT2D eigenvalue weighted by Crippen LogP contribution is -2.50. The summed E-state index contributed by atoms with van der Waals surface area (Å²) in [6.07, 6.45) is 5.89. The van der Waals surface area contributed by atoms with E-state index in [1.54, 1.807) is 24.3 Å². The molecule has 0 fully saturated rings. The van der Waals surface area contributed by atoms with Gasteiger partial charge >= 0.3 is 0 Å². The van der Waals surface area contributed by atoms with E-state index in [1.807, 2.05) is 13.8 Å². The largest absolute Gasteiger partial charge is 0.354 e. The van der Waals surface area contributed by atoms with Crippen LogP contribution >= 0.6 is 11.6 Å². The number of nitrogens with one attached hydrogen (secondary N) is 3. The molecule has 2 unspecified atom stereocenters. The monoisotopic (exact) mass is 377 g/mol. The second kappa shape index (κ2) is 11.2. The predicted molar refractivity (Wildman–Crippen MR) is 102 cm³/mol. The molecule has 7 heteroatoms. The van der Waals surface area contributed by atoms with Crippen LogP contribution in [0.4, 0.5) is 0 Å². The van der Waals surface area contributed by atoms with Crippen molar-refractivity contribution in [1.29, 1.82) is 0 Å². The molecular weight excluding hydrogens is 354 g/mol. The van der Waals surface area contributed by atoms with Gasteiger partial charge < -0.3 is 16.0 Å². The van der Waals surface area contributed by atoms with Gasteiger partial charge in [0, 0.05) is 23.6 Å². The topological polar surface area (TPSA) is 87.3 Å².